The van der Waals surface area contributed by atoms with E-state index in [1.807, 2.05) is 24.3 Å². The van der Waals surface area contributed by atoms with E-state index in [-0.39, 0.29) is 6.61 Å². The molecule has 1 aromatic heterocycles. The highest BCUT2D eigenvalue weighted by atomic mass is 79.9. The highest BCUT2D eigenvalue weighted by Crippen LogP contribution is 2.28. The Morgan fingerprint density at radius 1 is 1.04 bits per heavy atom. The van der Waals surface area contributed by atoms with Crippen LogP contribution in [0.25, 0.3) is 11.3 Å². The van der Waals surface area contributed by atoms with Gasteiger partial charge in [0.25, 0.3) is 0 Å². The number of hydrogen-bond acceptors (Lipinski definition) is 4. The van der Waals surface area contributed by atoms with Crippen LogP contribution in [0.1, 0.15) is 12.0 Å². The Kier molecular flexibility index (Phi) is 5.43. The molecule has 0 bridgehead atoms. The van der Waals surface area contributed by atoms with E-state index in [4.69, 9.17) is 5.11 Å². The van der Waals surface area contributed by atoms with Crippen LogP contribution in [0, 0.1) is 0 Å². The summed E-state index contributed by atoms with van der Waals surface area (Å²) in [4.78, 5) is 4.64. The van der Waals surface area contributed by atoms with Gasteiger partial charge in [0.1, 0.15) is 0 Å². The minimum absolute atomic E-state index is 0.234. The smallest absolute Gasteiger partial charge is 0.187 e. The van der Waals surface area contributed by atoms with Gasteiger partial charge in [-0.25, -0.2) is 4.98 Å². The van der Waals surface area contributed by atoms with E-state index < -0.39 is 0 Å². The minimum atomic E-state index is 0.234. The maximum absolute atomic E-state index is 8.87. The molecule has 2 aromatic carbocycles. The van der Waals surface area contributed by atoms with Crippen LogP contribution in [-0.2, 0) is 6.42 Å². The van der Waals surface area contributed by atoms with Crippen LogP contribution in [0.15, 0.2) is 58.4 Å². The Hall–Kier alpha value is -1.69. The van der Waals surface area contributed by atoms with Gasteiger partial charge < -0.3 is 10.4 Å². The van der Waals surface area contributed by atoms with Crippen LogP contribution in [0.4, 0.5) is 10.8 Å². The van der Waals surface area contributed by atoms with Gasteiger partial charge in [-0.1, -0.05) is 40.2 Å². The average molecular weight is 389 g/mol. The lowest BCUT2D eigenvalue weighted by atomic mass is 10.1. The van der Waals surface area contributed by atoms with E-state index in [0.717, 1.165) is 39.4 Å². The lowest BCUT2D eigenvalue weighted by Gasteiger charge is -2.04. The third-order valence-corrected chi connectivity index (χ3v) is 4.76. The second kappa shape index (κ2) is 7.73. The minimum Gasteiger partial charge on any atom is -0.396 e. The normalized spacial score (nSPS) is 10.7. The van der Waals surface area contributed by atoms with Crippen LogP contribution in [0.3, 0.4) is 0 Å². The van der Waals surface area contributed by atoms with E-state index in [1.165, 1.54) is 5.56 Å². The first-order valence-corrected chi connectivity index (χ1v) is 9.10. The van der Waals surface area contributed by atoms with E-state index in [1.54, 1.807) is 11.3 Å². The fourth-order valence-electron chi connectivity index (χ4n) is 2.25. The highest BCUT2D eigenvalue weighted by Gasteiger charge is 2.05. The van der Waals surface area contributed by atoms with Crippen molar-refractivity contribution in [2.75, 3.05) is 11.9 Å². The Balaban J connectivity index is 1.68. The second-order valence-corrected chi connectivity index (χ2v) is 6.97. The lowest BCUT2D eigenvalue weighted by molar-refractivity contribution is 0.288. The van der Waals surface area contributed by atoms with Crippen molar-refractivity contribution in [3.63, 3.8) is 0 Å². The van der Waals surface area contributed by atoms with Gasteiger partial charge in [-0.3, -0.25) is 0 Å². The molecule has 2 N–H and O–H groups in total. The number of rotatable bonds is 6. The van der Waals surface area contributed by atoms with Gasteiger partial charge in [-0.15, -0.1) is 11.3 Å². The molecule has 0 atom stereocenters. The first kappa shape index (κ1) is 16.2. The largest absolute Gasteiger partial charge is 0.396 e. The predicted molar refractivity (Wildman–Crippen MR) is 100 cm³/mol. The van der Waals surface area contributed by atoms with Crippen molar-refractivity contribution >= 4 is 38.1 Å². The number of aliphatic hydroxyl groups excluding tert-OH is 1. The molecule has 3 nitrogen and oxygen atoms in total. The quantitative estimate of drug-likeness (QED) is 0.606. The molecule has 0 radical (unpaired) electrons. The Morgan fingerprint density at radius 2 is 1.78 bits per heavy atom. The zero-order valence-corrected chi connectivity index (χ0v) is 14.9. The van der Waals surface area contributed by atoms with Gasteiger partial charge in [0, 0.05) is 27.7 Å². The number of thiazole rings is 1. The fraction of sp³-hybridized carbons (Fsp3) is 0.167. The molecule has 0 aliphatic rings. The molecule has 3 rings (SSSR count). The summed E-state index contributed by atoms with van der Waals surface area (Å²) >= 11 is 5.04. The number of hydrogen-bond donors (Lipinski definition) is 2. The van der Waals surface area contributed by atoms with Crippen LogP contribution in [-0.4, -0.2) is 16.7 Å². The van der Waals surface area contributed by atoms with Crippen molar-refractivity contribution in [3.05, 3.63) is 63.9 Å². The summed E-state index contributed by atoms with van der Waals surface area (Å²) in [5, 5.41) is 15.1. The standard InChI is InChI=1S/C18H17BrN2OS/c19-15-7-5-14(6-8-15)17-12-23-18(21-17)20-16-9-3-13(4-10-16)2-1-11-22/h3-10,12,22H,1-2,11H2,(H,20,21). The predicted octanol–water partition coefficient (Wildman–Crippen LogP) is 5.24. The summed E-state index contributed by atoms with van der Waals surface area (Å²) in [5.74, 6) is 0. The van der Waals surface area contributed by atoms with Crippen molar-refractivity contribution in [3.8, 4) is 11.3 Å². The Morgan fingerprint density at radius 3 is 2.48 bits per heavy atom. The molecule has 0 saturated heterocycles. The maximum atomic E-state index is 8.87. The second-order valence-electron chi connectivity index (χ2n) is 5.19. The first-order valence-electron chi connectivity index (χ1n) is 7.43. The van der Waals surface area contributed by atoms with Gasteiger partial charge in [0.05, 0.1) is 5.69 Å². The van der Waals surface area contributed by atoms with E-state index >= 15 is 0 Å². The van der Waals surface area contributed by atoms with E-state index in [0.29, 0.717) is 0 Å². The third kappa shape index (κ3) is 4.41. The fourth-order valence-corrected chi connectivity index (χ4v) is 3.25. The Bertz CT molecular complexity index is 753. The topological polar surface area (TPSA) is 45.1 Å². The molecule has 3 aromatic rings. The number of nitrogens with one attached hydrogen (secondary N) is 1. The first-order chi connectivity index (χ1) is 11.2. The molecule has 118 valence electrons. The molecule has 5 heteroatoms. The van der Waals surface area contributed by atoms with Gasteiger partial charge in [0.2, 0.25) is 0 Å². The molecular weight excluding hydrogens is 372 g/mol. The highest BCUT2D eigenvalue weighted by molar-refractivity contribution is 9.10. The molecule has 0 saturated carbocycles. The van der Waals surface area contributed by atoms with Crippen LogP contribution in [0.2, 0.25) is 0 Å². The zero-order valence-electron chi connectivity index (χ0n) is 12.5. The number of aromatic nitrogens is 1. The van der Waals surface area contributed by atoms with Gasteiger partial charge in [0.15, 0.2) is 5.13 Å². The molecule has 0 aliphatic carbocycles. The van der Waals surface area contributed by atoms with Crippen molar-refractivity contribution < 1.29 is 5.11 Å². The molecule has 0 amide bonds. The van der Waals surface area contributed by atoms with Gasteiger partial charge >= 0.3 is 0 Å². The summed E-state index contributed by atoms with van der Waals surface area (Å²) in [6.07, 6.45) is 1.71. The van der Waals surface area contributed by atoms with Crippen molar-refractivity contribution in [2.24, 2.45) is 0 Å². The molecule has 23 heavy (non-hydrogen) atoms. The SMILES string of the molecule is OCCCc1ccc(Nc2nc(-c3ccc(Br)cc3)cs2)cc1. The lowest BCUT2D eigenvalue weighted by Crippen LogP contribution is -1.92. The molecule has 1 heterocycles. The third-order valence-electron chi connectivity index (χ3n) is 3.47. The Labute approximate surface area is 148 Å². The monoisotopic (exact) mass is 388 g/mol. The number of aryl methyl sites for hydroxylation is 1. The molecule has 0 spiro atoms. The summed E-state index contributed by atoms with van der Waals surface area (Å²) in [5.41, 5.74) is 4.34. The number of benzene rings is 2. The van der Waals surface area contributed by atoms with Crippen LogP contribution < -0.4 is 5.32 Å². The maximum Gasteiger partial charge on any atom is 0.187 e. The van der Waals surface area contributed by atoms with E-state index in [2.05, 4.69) is 55.9 Å². The molecular formula is C18H17BrN2OS. The van der Waals surface area contributed by atoms with Gasteiger partial charge in [-0.2, -0.15) is 0 Å². The summed E-state index contributed by atoms with van der Waals surface area (Å²) in [7, 11) is 0. The summed E-state index contributed by atoms with van der Waals surface area (Å²) < 4.78 is 1.07. The average Bonchev–Trinajstić information content (AvgIpc) is 3.03. The van der Waals surface area contributed by atoms with Gasteiger partial charge in [-0.05, 0) is 42.7 Å². The van der Waals surface area contributed by atoms with Crippen LogP contribution in [0.5, 0.6) is 0 Å². The number of halogens is 1. The summed E-state index contributed by atoms with van der Waals surface area (Å²) in [6, 6.07) is 16.4. The van der Waals surface area contributed by atoms with Crippen molar-refractivity contribution in [1.82, 2.24) is 4.98 Å². The van der Waals surface area contributed by atoms with Crippen LogP contribution >= 0.6 is 27.3 Å². The summed E-state index contributed by atoms with van der Waals surface area (Å²) in [6.45, 7) is 0.234. The number of anilines is 2. The van der Waals surface area contributed by atoms with Crippen molar-refractivity contribution in [2.45, 2.75) is 12.8 Å². The molecule has 0 aliphatic heterocycles. The number of nitrogens with zero attached hydrogens (tertiary/aromatic N) is 1. The van der Waals surface area contributed by atoms with Crippen molar-refractivity contribution in [1.29, 1.82) is 0 Å². The van der Waals surface area contributed by atoms with E-state index in [9.17, 15) is 0 Å². The molecule has 0 unspecified atom stereocenters. The number of aliphatic hydroxyl groups is 1. The molecule has 0 fully saturated rings. The zero-order chi connectivity index (χ0) is 16.1.